The van der Waals surface area contributed by atoms with Crippen LogP contribution in [-0.2, 0) is 0 Å². The Morgan fingerprint density at radius 3 is 2.09 bits per heavy atom. The minimum absolute atomic E-state index is 1.17. The van der Waals surface area contributed by atoms with Gasteiger partial charge in [-0.05, 0) is 43.5 Å². The van der Waals surface area contributed by atoms with E-state index in [1.807, 2.05) is 0 Å². The van der Waals surface area contributed by atoms with Gasteiger partial charge in [-0.15, -0.1) is 0 Å². The second-order valence-corrected chi connectivity index (χ2v) is 4.39. The van der Waals surface area contributed by atoms with E-state index < -0.39 is 0 Å². The molecule has 0 aliphatic rings. The van der Waals surface area contributed by atoms with Gasteiger partial charge in [-0.3, -0.25) is 0 Å². The number of benzene rings is 1. The first-order valence-electron chi connectivity index (χ1n) is 3.46. The summed E-state index contributed by atoms with van der Waals surface area (Å²) in [4.78, 5) is 0. The summed E-state index contributed by atoms with van der Waals surface area (Å²) in [6.45, 7) is 6.34. The molecule has 0 bridgehead atoms. The normalized spacial score (nSPS) is 10.3. The number of rotatable bonds is 0. The summed E-state index contributed by atoms with van der Waals surface area (Å²) in [6, 6.07) is 2.15. The van der Waals surface area contributed by atoms with Crippen LogP contribution in [0.3, 0.4) is 0 Å². The van der Waals surface area contributed by atoms with E-state index in [4.69, 9.17) is 0 Å². The van der Waals surface area contributed by atoms with Crippen LogP contribution in [0.4, 0.5) is 0 Å². The summed E-state index contributed by atoms with van der Waals surface area (Å²) in [5.74, 6) is 0. The molecule has 0 fully saturated rings. The molecule has 0 saturated carbocycles. The fourth-order valence-electron chi connectivity index (χ4n) is 0.966. The van der Waals surface area contributed by atoms with Gasteiger partial charge in [0.15, 0.2) is 0 Å². The first kappa shape index (κ1) is 9.27. The van der Waals surface area contributed by atoms with E-state index in [2.05, 4.69) is 58.7 Å². The molecule has 1 aromatic carbocycles. The molecule has 0 aromatic heterocycles. The van der Waals surface area contributed by atoms with Gasteiger partial charge in [0, 0.05) is 8.95 Å². The third kappa shape index (κ3) is 1.67. The lowest BCUT2D eigenvalue weighted by Gasteiger charge is -2.08. The van der Waals surface area contributed by atoms with Gasteiger partial charge in [-0.1, -0.05) is 31.9 Å². The monoisotopic (exact) mass is 276 g/mol. The molecule has 2 heteroatoms. The summed E-state index contributed by atoms with van der Waals surface area (Å²) in [5, 5.41) is 0. The Labute approximate surface area is 84.3 Å². The van der Waals surface area contributed by atoms with E-state index in [-0.39, 0.29) is 0 Å². The SMILES string of the molecule is Cc1cc(Br)c(C)c(Br)c1C. The van der Waals surface area contributed by atoms with Gasteiger partial charge in [0.2, 0.25) is 0 Å². The Hall–Kier alpha value is 0.180. The van der Waals surface area contributed by atoms with Crippen molar-refractivity contribution in [3.63, 3.8) is 0 Å². The number of halogens is 2. The molecular formula is C9H10Br2. The second-order valence-electron chi connectivity index (χ2n) is 2.74. The van der Waals surface area contributed by atoms with Crippen LogP contribution in [0.5, 0.6) is 0 Å². The van der Waals surface area contributed by atoms with Gasteiger partial charge >= 0.3 is 0 Å². The fourth-order valence-corrected chi connectivity index (χ4v) is 2.30. The molecule has 0 spiro atoms. The lowest BCUT2D eigenvalue weighted by Crippen LogP contribution is -1.87. The molecular weight excluding hydrogens is 268 g/mol. The molecule has 0 nitrogen and oxygen atoms in total. The maximum absolute atomic E-state index is 3.55. The summed E-state index contributed by atoms with van der Waals surface area (Å²) < 4.78 is 2.39. The van der Waals surface area contributed by atoms with E-state index in [1.54, 1.807) is 0 Å². The van der Waals surface area contributed by atoms with Crippen LogP contribution in [0.25, 0.3) is 0 Å². The van der Waals surface area contributed by atoms with Gasteiger partial charge in [-0.25, -0.2) is 0 Å². The van der Waals surface area contributed by atoms with Crippen molar-refractivity contribution in [3.05, 3.63) is 31.7 Å². The van der Waals surface area contributed by atoms with Gasteiger partial charge in [0.05, 0.1) is 0 Å². The quantitative estimate of drug-likeness (QED) is 0.669. The van der Waals surface area contributed by atoms with E-state index in [1.165, 1.54) is 25.6 Å². The van der Waals surface area contributed by atoms with Crippen molar-refractivity contribution in [1.82, 2.24) is 0 Å². The molecule has 0 radical (unpaired) electrons. The first-order chi connectivity index (χ1) is 5.04. The highest BCUT2D eigenvalue weighted by molar-refractivity contribution is 9.11. The maximum atomic E-state index is 3.55. The average molecular weight is 278 g/mol. The molecule has 0 amide bonds. The Balaban J connectivity index is 3.46. The molecule has 0 heterocycles. The lowest BCUT2D eigenvalue weighted by molar-refractivity contribution is 1.25. The number of hydrogen-bond donors (Lipinski definition) is 0. The molecule has 1 rings (SSSR count). The summed E-state index contributed by atoms with van der Waals surface area (Å²) in [6.07, 6.45) is 0. The zero-order valence-corrected chi connectivity index (χ0v) is 10.0. The zero-order chi connectivity index (χ0) is 8.59. The lowest BCUT2D eigenvalue weighted by atomic mass is 10.1. The zero-order valence-electron chi connectivity index (χ0n) is 6.83. The molecule has 0 aliphatic carbocycles. The second kappa shape index (κ2) is 3.28. The smallest absolute Gasteiger partial charge is 0.0247 e. The van der Waals surface area contributed by atoms with Crippen molar-refractivity contribution in [2.45, 2.75) is 20.8 Å². The van der Waals surface area contributed by atoms with Crippen molar-refractivity contribution in [2.75, 3.05) is 0 Å². The summed E-state index contributed by atoms with van der Waals surface area (Å²) in [7, 11) is 0. The third-order valence-corrected chi connectivity index (χ3v) is 3.96. The predicted octanol–water partition coefficient (Wildman–Crippen LogP) is 4.14. The fraction of sp³-hybridized carbons (Fsp3) is 0.333. The molecule has 0 saturated heterocycles. The van der Waals surface area contributed by atoms with Crippen molar-refractivity contribution in [3.8, 4) is 0 Å². The van der Waals surface area contributed by atoms with Crippen molar-refractivity contribution < 1.29 is 0 Å². The molecule has 60 valence electrons. The summed E-state index contributed by atoms with van der Waals surface area (Å²) >= 11 is 7.05. The highest BCUT2D eigenvalue weighted by Gasteiger charge is 2.05. The largest absolute Gasteiger partial charge is 0.0505 e. The van der Waals surface area contributed by atoms with Crippen LogP contribution in [0, 0.1) is 20.8 Å². The van der Waals surface area contributed by atoms with Crippen LogP contribution in [-0.4, -0.2) is 0 Å². The van der Waals surface area contributed by atoms with Crippen LogP contribution in [0.1, 0.15) is 16.7 Å². The third-order valence-electron chi connectivity index (χ3n) is 1.95. The minimum atomic E-state index is 1.17. The molecule has 11 heavy (non-hydrogen) atoms. The highest BCUT2D eigenvalue weighted by Crippen LogP contribution is 2.29. The molecule has 0 aliphatic heterocycles. The van der Waals surface area contributed by atoms with E-state index in [0.717, 1.165) is 0 Å². The average Bonchev–Trinajstić information content (AvgIpc) is 1.97. The summed E-state index contributed by atoms with van der Waals surface area (Å²) in [5.41, 5.74) is 3.91. The van der Waals surface area contributed by atoms with Gasteiger partial charge in [0.25, 0.3) is 0 Å². The first-order valence-corrected chi connectivity index (χ1v) is 5.04. The maximum Gasteiger partial charge on any atom is 0.0247 e. The molecule has 0 unspecified atom stereocenters. The minimum Gasteiger partial charge on any atom is -0.0505 e. The molecule has 0 atom stereocenters. The predicted molar refractivity (Wildman–Crippen MR) is 56.1 cm³/mol. The molecule has 1 aromatic rings. The Kier molecular flexibility index (Phi) is 2.76. The van der Waals surface area contributed by atoms with Crippen molar-refractivity contribution in [1.29, 1.82) is 0 Å². The number of aryl methyl sites for hydroxylation is 1. The van der Waals surface area contributed by atoms with Gasteiger partial charge in [-0.2, -0.15) is 0 Å². The topological polar surface area (TPSA) is 0 Å². The standard InChI is InChI=1S/C9H10Br2/c1-5-4-8(10)7(3)9(11)6(5)2/h4H,1-3H3. The Bertz CT molecular complexity index is 264. The van der Waals surface area contributed by atoms with Gasteiger partial charge in [0.1, 0.15) is 0 Å². The van der Waals surface area contributed by atoms with E-state index >= 15 is 0 Å². The Morgan fingerprint density at radius 1 is 1.00 bits per heavy atom. The van der Waals surface area contributed by atoms with Crippen LogP contribution >= 0.6 is 31.9 Å². The van der Waals surface area contributed by atoms with Gasteiger partial charge < -0.3 is 0 Å². The molecule has 0 N–H and O–H groups in total. The highest BCUT2D eigenvalue weighted by atomic mass is 79.9. The van der Waals surface area contributed by atoms with Crippen molar-refractivity contribution >= 4 is 31.9 Å². The van der Waals surface area contributed by atoms with Crippen LogP contribution in [0.15, 0.2) is 15.0 Å². The van der Waals surface area contributed by atoms with E-state index in [9.17, 15) is 0 Å². The van der Waals surface area contributed by atoms with Crippen molar-refractivity contribution in [2.24, 2.45) is 0 Å². The Morgan fingerprint density at radius 2 is 1.55 bits per heavy atom. The number of hydrogen-bond acceptors (Lipinski definition) is 0. The van der Waals surface area contributed by atoms with Crippen LogP contribution < -0.4 is 0 Å². The van der Waals surface area contributed by atoms with Crippen LogP contribution in [0.2, 0.25) is 0 Å². The van der Waals surface area contributed by atoms with E-state index in [0.29, 0.717) is 0 Å².